The molecule has 3 aromatic rings. The largest absolute Gasteiger partial charge is 0.497 e. The molecule has 2 aliphatic heterocycles. The number of methoxy groups -OCH3 is 1. The Labute approximate surface area is 168 Å². The molecule has 5 heteroatoms. The molecule has 1 fully saturated rings. The first-order valence-electron chi connectivity index (χ1n) is 9.16. The summed E-state index contributed by atoms with van der Waals surface area (Å²) in [5.74, 6) is 0.601. The summed E-state index contributed by atoms with van der Waals surface area (Å²) in [4.78, 5) is 7.34. The Morgan fingerprint density at radius 2 is 1.50 bits per heavy atom. The molecule has 5 rings (SSSR count). The number of nitrogens with zero attached hydrogens (tertiary/aromatic N) is 2. The highest BCUT2D eigenvalue weighted by molar-refractivity contribution is 6.30. The molecule has 28 heavy (non-hydrogen) atoms. The van der Waals surface area contributed by atoms with Crippen LogP contribution in [-0.4, -0.2) is 23.8 Å². The molecule has 3 aromatic carbocycles. The van der Waals surface area contributed by atoms with E-state index in [0.717, 1.165) is 22.6 Å². The van der Waals surface area contributed by atoms with E-state index in [2.05, 4.69) is 17.0 Å². The highest BCUT2D eigenvalue weighted by atomic mass is 35.5. The lowest BCUT2D eigenvalue weighted by Gasteiger charge is -2.15. The maximum absolute atomic E-state index is 13.4. The van der Waals surface area contributed by atoms with Gasteiger partial charge in [-0.05, 0) is 53.1 Å². The zero-order valence-electron chi connectivity index (χ0n) is 15.2. The van der Waals surface area contributed by atoms with Crippen molar-refractivity contribution in [1.82, 2.24) is 4.90 Å². The quantitative estimate of drug-likeness (QED) is 0.554. The van der Waals surface area contributed by atoms with E-state index in [9.17, 15) is 4.39 Å². The number of hydrogen-bond donors (Lipinski definition) is 0. The third-order valence-electron chi connectivity index (χ3n) is 5.44. The van der Waals surface area contributed by atoms with Gasteiger partial charge in [-0.25, -0.2) is 4.39 Å². The van der Waals surface area contributed by atoms with E-state index in [1.165, 1.54) is 17.7 Å². The third kappa shape index (κ3) is 2.89. The maximum atomic E-state index is 13.4. The number of ether oxygens (including phenoxy) is 1. The molecule has 1 unspecified atom stereocenters. The molecule has 2 heterocycles. The zero-order chi connectivity index (χ0) is 19.3. The summed E-state index contributed by atoms with van der Waals surface area (Å²) >= 11 is 6.06. The molecule has 0 aromatic heterocycles. The van der Waals surface area contributed by atoms with Crippen molar-refractivity contribution in [1.29, 1.82) is 0 Å². The summed E-state index contributed by atoms with van der Waals surface area (Å²) in [6.45, 7) is 0. The highest BCUT2D eigenvalue weighted by Crippen LogP contribution is 2.55. The van der Waals surface area contributed by atoms with Crippen LogP contribution in [0.1, 0.15) is 28.9 Å². The fraction of sp³-hybridized carbons (Fsp3) is 0.174. The Kier molecular flexibility index (Phi) is 4.18. The van der Waals surface area contributed by atoms with E-state index in [1.807, 2.05) is 48.5 Å². The number of benzene rings is 3. The molecule has 140 valence electrons. The minimum atomic E-state index is -0.238. The van der Waals surface area contributed by atoms with Crippen LogP contribution in [0.25, 0.3) is 0 Å². The van der Waals surface area contributed by atoms with E-state index in [4.69, 9.17) is 21.3 Å². The molecule has 0 spiro atoms. The van der Waals surface area contributed by atoms with E-state index in [0.29, 0.717) is 5.02 Å². The molecule has 0 saturated carbocycles. The second kappa shape index (κ2) is 6.73. The van der Waals surface area contributed by atoms with Gasteiger partial charge >= 0.3 is 0 Å². The van der Waals surface area contributed by atoms with Crippen molar-refractivity contribution >= 4 is 17.3 Å². The predicted octanol–water partition coefficient (Wildman–Crippen LogP) is 5.41. The normalized spacial score (nSPS) is 25.2. The van der Waals surface area contributed by atoms with Crippen LogP contribution in [-0.2, 0) is 0 Å². The van der Waals surface area contributed by atoms with Gasteiger partial charge in [-0.2, -0.15) is 0 Å². The molecule has 0 N–H and O–H groups in total. The minimum absolute atomic E-state index is 0.122. The predicted molar refractivity (Wildman–Crippen MR) is 108 cm³/mol. The van der Waals surface area contributed by atoms with Gasteiger partial charge in [0, 0.05) is 5.02 Å². The molecule has 0 radical (unpaired) electrons. The summed E-state index contributed by atoms with van der Waals surface area (Å²) in [6.07, 6.45) is -0.122. The topological polar surface area (TPSA) is 24.6 Å². The van der Waals surface area contributed by atoms with Gasteiger partial charge in [-0.15, -0.1) is 0 Å². The first-order chi connectivity index (χ1) is 13.7. The van der Waals surface area contributed by atoms with Gasteiger partial charge in [0.25, 0.3) is 0 Å². The number of hydrogen-bond acceptors (Lipinski definition) is 3. The smallest absolute Gasteiger partial charge is 0.129 e. The van der Waals surface area contributed by atoms with Gasteiger partial charge in [-0.1, -0.05) is 48.0 Å². The second-order valence-corrected chi connectivity index (χ2v) is 7.49. The van der Waals surface area contributed by atoms with Crippen LogP contribution in [0, 0.1) is 5.82 Å². The van der Waals surface area contributed by atoms with Crippen LogP contribution in [0.5, 0.6) is 5.75 Å². The standard InChI is InChI=1S/C23H18ClFN2O/c1-28-19-12-6-15(7-13-19)21-22-20(14-2-8-17(24)9-3-14)26-23(27(21)22)16-4-10-18(25)11-5-16/h2-13,21-23H,1H3/t21-,22+,23+,27?/m0/s1. The van der Waals surface area contributed by atoms with Gasteiger partial charge in [0.05, 0.1) is 24.9 Å². The van der Waals surface area contributed by atoms with Gasteiger partial charge in [0.15, 0.2) is 0 Å². The van der Waals surface area contributed by atoms with Crippen LogP contribution in [0.2, 0.25) is 5.02 Å². The Morgan fingerprint density at radius 3 is 2.14 bits per heavy atom. The van der Waals surface area contributed by atoms with E-state index in [-0.39, 0.29) is 24.1 Å². The minimum Gasteiger partial charge on any atom is -0.497 e. The molecule has 4 atom stereocenters. The molecule has 3 nitrogen and oxygen atoms in total. The van der Waals surface area contributed by atoms with Gasteiger partial charge in [-0.3, -0.25) is 9.89 Å². The molecule has 0 amide bonds. The van der Waals surface area contributed by atoms with Crippen LogP contribution in [0.4, 0.5) is 4.39 Å². The van der Waals surface area contributed by atoms with E-state index < -0.39 is 0 Å². The lowest BCUT2D eigenvalue weighted by molar-refractivity contribution is 0.402. The van der Waals surface area contributed by atoms with Crippen molar-refractivity contribution in [2.45, 2.75) is 18.2 Å². The highest BCUT2D eigenvalue weighted by Gasteiger charge is 2.59. The number of halogens is 2. The monoisotopic (exact) mass is 392 g/mol. The fourth-order valence-corrected chi connectivity index (χ4v) is 4.15. The van der Waals surface area contributed by atoms with Crippen LogP contribution in [0.15, 0.2) is 77.8 Å². The Balaban J connectivity index is 1.53. The molecular weight excluding hydrogens is 375 g/mol. The Hall–Kier alpha value is -2.69. The first kappa shape index (κ1) is 17.4. The van der Waals surface area contributed by atoms with Crippen LogP contribution >= 0.6 is 11.6 Å². The second-order valence-electron chi connectivity index (χ2n) is 7.06. The fourth-order valence-electron chi connectivity index (χ4n) is 4.02. The summed E-state index contributed by atoms with van der Waals surface area (Å²) in [6, 6.07) is 23.0. The SMILES string of the molecule is COc1ccc([C@H]2[C@H]3C(c4ccc(Cl)cc4)=N[C@@H](c4ccc(F)cc4)N32)cc1. The number of fused-ring (bicyclic) bond motifs is 1. The average molecular weight is 393 g/mol. The summed E-state index contributed by atoms with van der Waals surface area (Å²) in [7, 11) is 1.67. The van der Waals surface area contributed by atoms with Crippen LogP contribution in [0.3, 0.4) is 0 Å². The molecule has 2 aliphatic rings. The number of rotatable bonds is 4. The van der Waals surface area contributed by atoms with Crippen LogP contribution < -0.4 is 4.74 Å². The van der Waals surface area contributed by atoms with E-state index >= 15 is 0 Å². The van der Waals surface area contributed by atoms with Crippen molar-refractivity contribution in [3.8, 4) is 5.75 Å². The summed E-state index contributed by atoms with van der Waals surface area (Å²) < 4.78 is 18.7. The average Bonchev–Trinajstić information content (AvgIpc) is 3.34. The molecule has 1 saturated heterocycles. The van der Waals surface area contributed by atoms with Crippen molar-refractivity contribution in [2.24, 2.45) is 4.99 Å². The van der Waals surface area contributed by atoms with Gasteiger partial charge < -0.3 is 4.74 Å². The lowest BCUT2D eigenvalue weighted by Crippen LogP contribution is -2.08. The third-order valence-corrected chi connectivity index (χ3v) is 5.69. The molecular formula is C23H18ClFN2O. The zero-order valence-corrected chi connectivity index (χ0v) is 16.0. The Bertz CT molecular complexity index is 1030. The molecule has 0 bridgehead atoms. The van der Waals surface area contributed by atoms with Gasteiger partial charge in [0.1, 0.15) is 17.7 Å². The van der Waals surface area contributed by atoms with Crippen molar-refractivity contribution in [2.75, 3.05) is 7.11 Å². The van der Waals surface area contributed by atoms with Crippen molar-refractivity contribution in [3.63, 3.8) is 0 Å². The van der Waals surface area contributed by atoms with Crippen molar-refractivity contribution < 1.29 is 9.13 Å². The summed E-state index contributed by atoms with van der Waals surface area (Å²) in [5, 5.41) is 0.705. The molecule has 0 aliphatic carbocycles. The van der Waals surface area contributed by atoms with Gasteiger partial charge in [0.2, 0.25) is 0 Å². The van der Waals surface area contributed by atoms with Crippen molar-refractivity contribution in [3.05, 3.63) is 100 Å². The lowest BCUT2D eigenvalue weighted by atomic mass is 10.0. The summed E-state index contributed by atoms with van der Waals surface area (Å²) in [5.41, 5.74) is 4.33. The Morgan fingerprint density at radius 1 is 0.857 bits per heavy atom. The maximum Gasteiger partial charge on any atom is 0.129 e. The first-order valence-corrected chi connectivity index (χ1v) is 9.54. The van der Waals surface area contributed by atoms with E-state index in [1.54, 1.807) is 7.11 Å². The number of aliphatic imine (C=N–C) groups is 1.